The summed E-state index contributed by atoms with van der Waals surface area (Å²) in [7, 11) is -4.22. The number of aromatic nitrogens is 1. The molecule has 0 fully saturated rings. The molecule has 2 aromatic rings. The number of rotatable bonds is 2. The quantitative estimate of drug-likeness (QED) is 0.667. The van der Waals surface area contributed by atoms with Gasteiger partial charge in [-0.3, -0.25) is 4.55 Å². The molecule has 0 spiro atoms. The number of benzene rings is 1. The van der Waals surface area contributed by atoms with Gasteiger partial charge in [-0.05, 0) is 12.1 Å². The topological polar surface area (TPSA) is 67.3 Å². The van der Waals surface area contributed by atoms with E-state index in [2.05, 4.69) is 4.98 Å². The van der Waals surface area contributed by atoms with E-state index in [1.54, 1.807) is 12.1 Å². The molecule has 0 saturated carbocycles. The van der Waals surface area contributed by atoms with Crippen LogP contribution >= 0.6 is 22.9 Å². The summed E-state index contributed by atoms with van der Waals surface area (Å²) in [6.07, 6.45) is 0. The van der Waals surface area contributed by atoms with Gasteiger partial charge in [0.15, 0.2) is 0 Å². The molecular formula is C8H6ClNO3S2. The van der Waals surface area contributed by atoms with E-state index >= 15 is 0 Å². The van der Waals surface area contributed by atoms with Gasteiger partial charge in [0.1, 0.15) is 15.4 Å². The molecule has 0 aliphatic rings. The molecule has 15 heavy (non-hydrogen) atoms. The second kappa shape index (κ2) is 3.71. The van der Waals surface area contributed by atoms with E-state index in [0.29, 0.717) is 9.71 Å². The Kier molecular flexibility index (Phi) is 2.68. The molecule has 0 unspecified atom stereocenters. The third-order valence-corrected chi connectivity index (χ3v) is 4.14. The van der Waals surface area contributed by atoms with Crippen LogP contribution in [0.15, 0.2) is 23.1 Å². The smallest absolute Gasteiger partial charge is 0.282 e. The van der Waals surface area contributed by atoms with Gasteiger partial charge in [0, 0.05) is 0 Å². The second-order valence-corrected chi connectivity index (χ2v) is 5.59. The Balaban J connectivity index is 2.81. The highest BCUT2D eigenvalue weighted by atomic mass is 35.5. The first kappa shape index (κ1) is 10.8. The van der Waals surface area contributed by atoms with Crippen LogP contribution in [0.2, 0.25) is 0 Å². The maximum Gasteiger partial charge on any atom is 0.296 e. The maximum atomic E-state index is 11.0. The van der Waals surface area contributed by atoms with Crippen molar-refractivity contribution in [1.29, 1.82) is 0 Å². The van der Waals surface area contributed by atoms with Crippen LogP contribution < -0.4 is 0 Å². The molecule has 0 amide bonds. The van der Waals surface area contributed by atoms with E-state index in [4.69, 9.17) is 16.2 Å². The highest BCUT2D eigenvalue weighted by Gasteiger charge is 2.16. The van der Waals surface area contributed by atoms with Gasteiger partial charge in [-0.1, -0.05) is 6.07 Å². The summed E-state index contributed by atoms with van der Waals surface area (Å²) < 4.78 is 31.7. The van der Waals surface area contributed by atoms with Crippen LogP contribution in [-0.4, -0.2) is 18.0 Å². The fourth-order valence-electron chi connectivity index (χ4n) is 1.23. The first-order valence-electron chi connectivity index (χ1n) is 3.94. The Morgan fingerprint density at radius 3 is 2.80 bits per heavy atom. The minimum absolute atomic E-state index is 0.174. The van der Waals surface area contributed by atoms with Crippen molar-refractivity contribution in [3.63, 3.8) is 0 Å². The number of hydrogen-bond acceptors (Lipinski definition) is 4. The zero-order valence-electron chi connectivity index (χ0n) is 7.34. The Hall–Kier alpha value is -0.690. The highest BCUT2D eigenvalue weighted by Crippen LogP contribution is 2.28. The molecule has 1 N–H and O–H groups in total. The number of thiazole rings is 1. The summed E-state index contributed by atoms with van der Waals surface area (Å²) in [5.74, 6) is 0.226. The van der Waals surface area contributed by atoms with Crippen LogP contribution in [0.4, 0.5) is 0 Å². The molecule has 4 nitrogen and oxygen atoms in total. The van der Waals surface area contributed by atoms with Crippen LogP contribution in [0, 0.1) is 0 Å². The fourth-order valence-corrected chi connectivity index (χ4v) is 3.02. The average Bonchev–Trinajstić information content (AvgIpc) is 2.57. The van der Waals surface area contributed by atoms with Gasteiger partial charge in [0.2, 0.25) is 0 Å². The summed E-state index contributed by atoms with van der Waals surface area (Å²) >= 11 is 6.91. The Morgan fingerprint density at radius 2 is 2.20 bits per heavy atom. The number of nitrogens with zero attached hydrogens (tertiary/aromatic N) is 1. The third-order valence-electron chi connectivity index (χ3n) is 1.82. The molecule has 0 radical (unpaired) electrons. The fraction of sp³-hybridized carbons (Fsp3) is 0.125. The molecule has 2 rings (SSSR count). The molecule has 0 aliphatic carbocycles. The van der Waals surface area contributed by atoms with Crippen molar-refractivity contribution in [1.82, 2.24) is 4.98 Å². The number of hydrogen-bond donors (Lipinski definition) is 1. The van der Waals surface area contributed by atoms with E-state index in [0.717, 1.165) is 0 Å². The molecule has 0 bridgehead atoms. The van der Waals surface area contributed by atoms with Crippen molar-refractivity contribution in [3.8, 4) is 0 Å². The SMILES string of the molecule is O=S(=O)(O)c1cccc2sc(CCl)nc12. The van der Waals surface area contributed by atoms with Gasteiger partial charge in [0.05, 0.1) is 10.6 Å². The monoisotopic (exact) mass is 263 g/mol. The van der Waals surface area contributed by atoms with Crippen molar-refractivity contribution < 1.29 is 13.0 Å². The van der Waals surface area contributed by atoms with E-state index < -0.39 is 10.1 Å². The summed E-state index contributed by atoms with van der Waals surface area (Å²) in [5, 5.41) is 0.628. The summed E-state index contributed by atoms with van der Waals surface area (Å²) in [6, 6.07) is 4.61. The van der Waals surface area contributed by atoms with Crippen LogP contribution in [0.3, 0.4) is 0 Å². The number of alkyl halides is 1. The number of halogens is 1. The maximum absolute atomic E-state index is 11.0. The molecule has 80 valence electrons. The van der Waals surface area contributed by atoms with E-state index in [9.17, 15) is 8.42 Å². The normalized spacial score (nSPS) is 12.1. The molecule has 0 saturated heterocycles. The molecular weight excluding hydrogens is 258 g/mol. The van der Waals surface area contributed by atoms with E-state index in [1.807, 2.05) is 0 Å². The summed E-state index contributed by atoms with van der Waals surface area (Å²) in [6.45, 7) is 0. The average molecular weight is 264 g/mol. The lowest BCUT2D eigenvalue weighted by molar-refractivity contribution is 0.484. The molecule has 0 atom stereocenters. The molecule has 7 heteroatoms. The predicted octanol–water partition coefficient (Wildman–Crippen LogP) is 2.28. The number of fused-ring (bicyclic) bond motifs is 1. The van der Waals surface area contributed by atoms with Crippen molar-refractivity contribution in [3.05, 3.63) is 23.2 Å². The van der Waals surface area contributed by atoms with Crippen LogP contribution in [-0.2, 0) is 16.0 Å². The first-order chi connectivity index (χ1) is 7.02. The highest BCUT2D eigenvalue weighted by molar-refractivity contribution is 7.86. The van der Waals surface area contributed by atoms with Crippen LogP contribution in [0.5, 0.6) is 0 Å². The molecule has 1 heterocycles. The van der Waals surface area contributed by atoms with E-state index in [1.165, 1.54) is 17.4 Å². The second-order valence-electron chi connectivity index (χ2n) is 2.82. The van der Waals surface area contributed by atoms with Gasteiger partial charge in [-0.2, -0.15) is 8.42 Å². The van der Waals surface area contributed by atoms with Gasteiger partial charge in [-0.25, -0.2) is 4.98 Å². The summed E-state index contributed by atoms with van der Waals surface area (Å²) in [5.41, 5.74) is 0.278. The number of para-hydroxylation sites is 1. The third kappa shape index (κ3) is 1.98. The Bertz CT molecular complexity index is 605. The van der Waals surface area contributed by atoms with Crippen LogP contribution in [0.1, 0.15) is 5.01 Å². The Morgan fingerprint density at radius 1 is 1.47 bits per heavy atom. The van der Waals surface area contributed by atoms with E-state index in [-0.39, 0.29) is 16.3 Å². The minimum Gasteiger partial charge on any atom is -0.282 e. The van der Waals surface area contributed by atoms with Crippen molar-refractivity contribution >= 4 is 43.3 Å². The summed E-state index contributed by atoms with van der Waals surface area (Å²) in [4.78, 5) is 3.87. The lowest BCUT2D eigenvalue weighted by Crippen LogP contribution is -1.98. The van der Waals surface area contributed by atoms with Gasteiger partial charge >= 0.3 is 0 Å². The first-order valence-corrected chi connectivity index (χ1v) is 6.73. The van der Waals surface area contributed by atoms with Crippen molar-refractivity contribution in [2.75, 3.05) is 0 Å². The van der Waals surface area contributed by atoms with Gasteiger partial charge in [0.25, 0.3) is 10.1 Å². The lowest BCUT2D eigenvalue weighted by Gasteiger charge is -1.96. The van der Waals surface area contributed by atoms with Gasteiger partial charge in [-0.15, -0.1) is 22.9 Å². The van der Waals surface area contributed by atoms with Gasteiger partial charge < -0.3 is 0 Å². The van der Waals surface area contributed by atoms with Crippen molar-refractivity contribution in [2.45, 2.75) is 10.8 Å². The molecule has 1 aromatic carbocycles. The largest absolute Gasteiger partial charge is 0.296 e. The lowest BCUT2D eigenvalue weighted by atomic mass is 10.3. The Labute approximate surface area is 95.3 Å². The zero-order valence-corrected chi connectivity index (χ0v) is 9.73. The molecule has 1 aromatic heterocycles. The van der Waals surface area contributed by atoms with Crippen molar-refractivity contribution in [2.24, 2.45) is 0 Å². The predicted molar refractivity (Wildman–Crippen MR) is 59.0 cm³/mol. The molecule has 0 aliphatic heterocycles. The standard InChI is InChI=1S/C8H6ClNO3S2/c9-4-7-10-8-5(14-7)2-1-3-6(8)15(11,12)13/h1-3H,4H2,(H,11,12,13). The minimum atomic E-state index is -4.22. The zero-order chi connectivity index (χ0) is 11.1. The van der Waals surface area contributed by atoms with Crippen LogP contribution in [0.25, 0.3) is 10.2 Å².